The monoisotopic (exact) mass is 497 g/mol. The second-order valence-corrected chi connectivity index (χ2v) is 8.19. The molecule has 2 rings (SSSR count). The van der Waals surface area contributed by atoms with Crippen LogP contribution in [-0.4, -0.2) is 63.5 Å². The quantitative estimate of drug-likeness (QED) is 0.113. The van der Waals surface area contributed by atoms with Crippen molar-refractivity contribution in [2.45, 2.75) is 37.4 Å². The number of Topliss-reactive ketones (excluding diaryl/α,β-unsaturated/α-hetero) is 2. The Morgan fingerprint density at radius 1 is 0.917 bits per heavy atom. The maximum absolute atomic E-state index is 13.4. The second-order valence-electron chi connectivity index (χ2n) is 8.19. The summed E-state index contributed by atoms with van der Waals surface area (Å²) >= 11 is 0. The molecule has 2 aromatic rings. The molecule has 12 nitrogen and oxygen atoms in total. The first-order valence-corrected chi connectivity index (χ1v) is 10.7. The molecule has 0 aliphatic heterocycles. The van der Waals surface area contributed by atoms with Crippen LogP contribution in [0.3, 0.4) is 0 Å². The summed E-state index contributed by atoms with van der Waals surface area (Å²) in [5.74, 6) is -7.30. The summed E-state index contributed by atoms with van der Waals surface area (Å²) < 4.78 is 0. The zero-order chi connectivity index (χ0) is 27.3. The van der Waals surface area contributed by atoms with Crippen LogP contribution >= 0.6 is 0 Å². The van der Waals surface area contributed by atoms with Crippen molar-refractivity contribution in [2.24, 2.45) is 22.9 Å². The predicted octanol–water partition coefficient (Wildman–Crippen LogP) is -0.402. The molecule has 0 amide bonds. The molecule has 0 aliphatic carbocycles. The molecule has 0 bridgehead atoms. The van der Waals surface area contributed by atoms with Gasteiger partial charge >= 0.3 is 11.9 Å². The second kappa shape index (κ2) is 11.4. The lowest BCUT2D eigenvalue weighted by molar-refractivity contribution is -0.141. The number of nitrogens with two attached hydrogens (primary N) is 4. The average molecular weight is 498 g/mol. The largest absolute Gasteiger partial charge is 0.481 e. The number of hydrogen-bond donors (Lipinski definition) is 7. The van der Waals surface area contributed by atoms with Gasteiger partial charge in [-0.15, -0.1) is 0 Å². The zero-order valence-electron chi connectivity index (χ0n) is 19.3. The third-order valence-corrected chi connectivity index (χ3v) is 5.51. The topological polar surface area (TPSA) is 254 Å². The third-order valence-electron chi connectivity index (χ3n) is 5.51. The van der Waals surface area contributed by atoms with Crippen LogP contribution in [0.5, 0.6) is 0 Å². The Morgan fingerprint density at radius 3 is 1.94 bits per heavy atom. The molecule has 11 N–H and O–H groups in total. The summed E-state index contributed by atoms with van der Waals surface area (Å²) in [6.07, 6.45) is -0.787. The van der Waals surface area contributed by atoms with E-state index < -0.39 is 65.3 Å². The fourth-order valence-electron chi connectivity index (χ4n) is 3.67. The lowest BCUT2D eigenvalue weighted by Crippen LogP contribution is -2.46. The number of rotatable bonds is 12. The highest BCUT2D eigenvalue weighted by Gasteiger charge is 2.38. The van der Waals surface area contributed by atoms with E-state index in [-0.39, 0.29) is 22.5 Å². The van der Waals surface area contributed by atoms with Gasteiger partial charge in [0.2, 0.25) is 0 Å². The molecule has 0 spiro atoms. The first-order chi connectivity index (χ1) is 16.8. The molecule has 36 heavy (non-hydrogen) atoms. The van der Waals surface area contributed by atoms with Gasteiger partial charge in [-0.25, -0.2) is 0 Å². The Morgan fingerprint density at radius 2 is 1.47 bits per heavy atom. The van der Waals surface area contributed by atoms with Crippen molar-refractivity contribution in [1.29, 1.82) is 5.41 Å². The molecule has 4 atom stereocenters. The maximum Gasteiger partial charge on any atom is 0.321 e. The van der Waals surface area contributed by atoms with Gasteiger partial charge < -0.3 is 33.1 Å². The predicted molar refractivity (Wildman–Crippen MR) is 129 cm³/mol. The average Bonchev–Trinajstić information content (AvgIpc) is 2.82. The summed E-state index contributed by atoms with van der Waals surface area (Å²) in [7, 11) is 0. The Kier molecular flexibility index (Phi) is 8.90. The highest BCUT2D eigenvalue weighted by molar-refractivity contribution is 6.18. The third kappa shape index (κ3) is 6.05. The van der Waals surface area contributed by atoms with Crippen molar-refractivity contribution in [3.63, 3.8) is 0 Å². The standard InChI is InChI=1S/C24H27N5O7/c1-10(25)20(32)18(19(27)24(35)36)13-3-2-4-14(17(13)22(34)15(26)9-16(30)31)21(33)11-5-7-12(8-6-11)23(28)29/h2-8,10,15,18-19H,9,25-27H2,1H3,(H3,28,29)(H,30,31)(H,35,36). The summed E-state index contributed by atoms with van der Waals surface area (Å²) in [5, 5.41) is 26.1. The van der Waals surface area contributed by atoms with Gasteiger partial charge in [-0.1, -0.05) is 42.5 Å². The van der Waals surface area contributed by atoms with Crippen molar-refractivity contribution in [1.82, 2.24) is 0 Å². The molecule has 0 saturated carbocycles. The van der Waals surface area contributed by atoms with Crippen LogP contribution in [0.15, 0.2) is 42.5 Å². The molecule has 0 radical (unpaired) electrons. The molecule has 0 aromatic heterocycles. The van der Waals surface area contributed by atoms with Gasteiger partial charge in [0.15, 0.2) is 17.3 Å². The van der Waals surface area contributed by atoms with Gasteiger partial charge in [-0.05, 0) is 12.5 Å². The summed E-state index contributed by atoms with van der Waals surface area (Å²) in [6, 6.07) is 4.81. The number of nitrogen functional groups attached to an aromatic ring is 1. The fraction of sp³-hybridized carbons (Fsp3) is 0.250. The van der Waals surface area contributed by atoms with Gasteiger partial charge in [0, 0.05) is 22.3 Å². The first kappa shape index (κ1) is 28.0. The fourth-order valence-corrected chi connectivity index (χ4v) is 3.67. The Hall–Kier alpha value is -4.26. The SMILES string of the molecule is CC(N)C(=O)C(c1cccc(C(=O)c2ccc(C(=N)N)cc2)c1C(=O)C(N)CC(=O)O)C(N)C(=O)O. The van der Waals surface area contributed by atoms with E-state index in [1.165, 1.54) is 49.4 Å². The summed E-state index contributed by atoms with van der Waals surface area (Å²) in [4.78, 5) is 62.7. The van der Waals surface area contributed by atoms with Gasteiger partial charge in [-0.2, -0.15) is 0 Å². The number of amidine groups is 1. The lowest BCUT2D eigenvalue weighted by Gasteiger charge is -2.26. The first-order valence-electron chi connectivity index (χ1n) is 10.7. The molecule has 4 unspecified atom stereocenters. The van der Waals surface area contributed by atoms with E-state index in [9.17, 15) is 29.1 Å². The number of ketones is 3. The Bertz CT molecular complexity index is 1220. The molecular weight excluding hydrogens is 470 g/mol. The van der Waals surface area contributed by atoms with Gasteiger partial charge in [0.05, 0.1) is 24.4 Å². The van der Waals surface area contributed by atoms with Crippen molar-refractivity contribution < 1.29 is 34.2 Å². The molecule has 0 heterocycles. The van der Waals surface area contributed by atoms with Crippen LogP contribution < -0.4 is 22.9 Å². The minimum absolute atomic E-state index is 0.0793. The number of carbonyl (C=O) groups is 5. The molecule has 0 saturated heterocycles. The Labute approximate surface area is 205 Å². The van der Waals surface area contributed by atoms with Crippen LogP contribution in [0.4, 0.5) is 0 Å². The minimum atomic E-state index is -1.83. The summed E-state index contributed by atoms with van der Waals surface area (Å²) in [5.41, 5.74) is 22.3. The smallest absolute Gasteiger partial charge is 0.321 e. The molecule has 0 fully saturated rings. The van der Waals surface area contributed by atoms with Crippen LogP contribution in [0.25, 0.3) is 0 Å². The van der Waals surface area contributed by atoms with Crippen molar-refractivity contribution in [3.05, 3.63) is 70.3 Å². The number of benzene rings is 2. The van der Waals surface area contributed by atoms with Crippen LogP contribution in [0, 0.1) is 5.41 Å². The normalized spacial score (nSPS) is 14.2. The molecule has 0 aliphatic rings. The van der Waals surface area contributed by atoms with Crippen molar-refractivity contribution >= 4 is 35.1 Å². The number of carbonyl (C=O) groups excluding carboxylic acids is 3. The van der Waals surface area contributed by atoms with E-state index in [4.69, 9.17) is 33.5 Å². The van der Waals surface area contributed by atoms with Gasteiger partial charge in [0.1, 0.15) is 11.9 Å². The Balaban J connectivity index is 2.82. The van der Waals surface area contributed by atoms with E-state index in [0.29, 0.717) is 5.56 Å². The number of aliphatic carboxylic acids is 2. The highest BCUT2D eigenvalue weighted by atomic mass is 16.4. The van der Waals surface area contributed by atoms with Gasteiger partial charge in [0.25, 0.3) is 0 Å². The summed E-state index contributed by atoms with van der Waals surface area (Å²) in [6.45, 7) is 1.31. The van der Waals surface area contributed by atoms with Crippen molar-refractivity contribution in [2.75, 3.05) is 0 Å². The van der Waals surface area contributed by atoms with Crippen LogP contribution in [-0.2, 0) is 14.4 Å². The molecule has 190 valence electrons. The van der Waals surface area contributed by atoms with E-state index in [1.54, 1.807) is 0 Å². The van der Waals surface area contributed by atoms with Gasteiger partial charge in [-0.3, -0.25) is 29.4 Å². The molecule has 2 aromatic carbocycles. The molecular formula is C24H27N5O7. The van der Waals surface area contributed by atoms with E-state index in [1.807, 2.05) is 0 Å². The maximum atomic E-state index is 13.4. The minimum Gasteiger partial charge on any atom is -0.481 e. The van der Waals surface area contributed by atoms with E-state index in [0.717, 1.165) is 0 Å². The lowest BCUT2D eigenvalue weighted by atomic mass is 9.78. The zero-order valence-corrected chi connectivity index (χ0v) is 19.3. The van der Waals surface area contributed by atoms with Crippen molar-refractivity contribution in [3.8, 4) is 0 Å². The number of hydrogen-bond acceptors (Lipinski definition) is 9. The highest BCUT2D eigenvalue weighted by Crippen LogP contribution is 2.30. The van der Waals surface area contributed by atoms with E-state index >= 15 is 0 Å². The molecule has 12 heteroatoms. The van der Waals surface area contributed by atoms with E-state index in [2.05, 4.69) is 0 Å². The number of nitrogens with one attached hydrogen (secondary N) is 1. The number of carboxylic acids is 2. The van der Waals surface area contributed by atoms with Crippen LogP contribution in [0.2, 0.25) is 0 Å². The number of carboxylic acid groups (broad SMARTS) is 2. The van der Waals surface area contributed by atoms with Crippen LogP contribution in [0.1, 0.15) is 56.7 Å².